The molecule has 0 aromatic heterocycles. The van der Waals surface area contributed by atoms with Gasteiger partial charge in [-0.05, 0) is 24.8 Å². The summed E-state index contributed by atoms with van der Waals surface area (Å²) < 4.78 is 0. The van der Waals surface area contributed by atoms with Gasteiger partial charge in [0, 0.05) is 6.42 Å². The van der Waals surface area contributed by atoms with Gasteiger partial charge in [-0.3, -0.25) is 4.79 Å². The molecule has 98 valence electrons. The highest BCUT2D eigenvalue weighted by Crippen LogP contribution is 2.10. The van der Waals surface area contributed by atoms with E-state index in [-0.39, 0.29) is 6.42 Å². The Morgan fingerprint density at radius 1 is 1.00 bits per heavy atom. The van der Waals surface area contributed by atoms with Gasteiger partial charge in [0.15, 0.2) is 0 Å². The Morgan fingerprint density at radius 2 is 1.61 bits per heavy atom. The van der Waals surface area contributed by atoms with Crippen molar-refractivity contribution in [2.75, 3.05) is 0 Å². The van der Waals surface area contributed by atoms with Crippen LogP contribution in [0.2, 0.25) is 0 Å². The van der Waals surface area contributed by atoms with Crippen LogP contribution in [0.25, 0.3) is 0 Å². The summed E-state index contributed by atoms with van der Waals surface area (Å²) in [4.78, 5) is 10.3. The van der Waals surface area contributed by atoms with Crippen molar-refractivity contribution in [1.82, 2.24) is 0 Å². The molecule has 0 saturated heterocycles. The molecule has 0 radical (unpaired) electrons. The van der Waals surface area contributed by atoms with Gasteiger partial charge < -0.3 is 10.3 Å². The molecule has 18 heavy (non-hydrogen) atoms. The van der Waals surface area contributed by atoms with Crippen LogP contribution in [-0.4, -0.2) is 22.0 Å². The first-order valence-corrected chi connectivity index (χ1v) is 6.22. The number of rotatable bonds is 8. The summed E-state index contributed by atoms with van der Waals surface area (Å²) in [5, 5.41) is 20.8. The Labute approximate surface area is 107 Å². The molecule has 1 aromatic carbocycles. The molecule has 0 fully saturated rings. The lowest BCUT2D eigenvalue weighted by Crippen LogP contribution is -2.01. The van der Waals surface area contributed by atoms with Crippen LogP contribution in [0.15, 0.2) is 35.5 Å². The predicted molar refractivity (Wildman–Crippen MR) is 70.1 cm³/mol. The lowest BCUT2D eigenvalue weighted by Gasteiger charge is -2.04. The lowest BCUT2D eigenvalue weighted by atomic mass is 10.0. The van der Waals surface area contributed by atoms with Gasteiger partial charge in [0.05, 0.1) is 5.71 Å². The van der Waals surface area contributed by atoms with E-state index in [1.807, 2.05) is 30.3 Å². The third kappa shape index (κ3) is 5.48. The summed E-state index contributed by atoms with van der Waals surface area (Å²) in [6.07, 6.45) is 4.44. The zero-order valence-electron chi connectivity index (χ0n) is 10.4. The van der Waals surface area contributed by atoms with E-state index in [2.05, 4.69) is 5.16 Å². The minimum Gasteiger partial charge on any atom is -0.481 e. The van der Waals surface area contributed by atoms with E-state index in [1.54, 1.807) is 0 Å². The molecule has 0 aliphatic rings. The molecule has 0 bridgehead atoms. The van der Waals surface area contributed by atoms with Gasteiger partial charge in [-0.25, -0.2) is 0 Å². The highest BCUT2D eigenvalue weighted by atomic mass is 16.4. The topological polar surface area (TPSA) is 69.9 Å². The number of carboxylic acids is 1. The van der Waals surface area contributed by atoms with Crippen LogP contribution in [0.5, 0.6) is 0 Å². The molecule has 0 amide bonds. The minimum atomic E-state index is -0.739. The molecule has 0 aliphatic carbocycles. The minimum absolute atomic E-state index is 0.236. The Morgan fingerprint density at radius 3 is 2.17 bits per heavy atom. The molecule has 1 aromatic rings. The Hall–Kier alpha value is -1.84. The van der Waals surface area contributed by atoms with Crippen molar-refractivity contribution in [2.24, 2.45) is 5.16 Å². The Bertz CT molecular complexity index is 387. The van der Waals surface area contributed by atoms with Gasteiger partial charge >= 0.3 is 5.97 Å². The first-order valence-electron chi connectivity index (χ1n) is 6.22. The van der Waals surface area contributed by atoms with Gasteiger partial charge in [-0.1, -0.05) is 48.3 Å². The van der Waals surface area contributed by atoms with Crippen LogP contribution in [0, 0.1) is 0 Å². The van der Waals surface area contributed by atoms with Gasteiger partial charge in [-0.15, -0.1) is 0 Å². The molecule has 4 heteroatoms. The summed E-state index contributed by atoms with van der Waals surface area (Å²) in [6.45, 7) is 0. The van der Waals surface area contributed by atoms with Gasteiger partial charge in [0.1, 0.15) is 0 Å². The second-order valence-electron chi connectivity index (χ2n) is 4.22. The smallest absolute Gasteiger partial charge is 0.303 e. The number of carbonyl (C=O) groups is 1. The quantitative estimate of drug-likeness (QED) is 0.321. The van der Waals surface area contributed by atoms with Crippen molar-refractivity contribution in [3.05, 3.63) is 35.9 Å². The normalized spacial score (nSPS) is 11.4. The highest BCUT2D eigenvalue weighted by molar-refractivity contribution is 6.00. The number of nitrogens with zero attached hydrogens (tertiary/aromatic N) is 1. The van der Waals surface area contributed by atoms with Crippen LogP contribution in [0.1, 0.15) is 44.1 Å². The summed E-state index contributed by atoms with van der Waals surface area (Å²) in [6, 6.07) is 9.57. The molecule has 0 heterocycles. The van der Waals surface area contributed by atoms with Crippen molar-refractivity contribution >= 4 is 11.7 Å². The first kappa shape index (κ1) is 14.2. The van der Waals surface area contributed by atoms with Crippen molar-refractivity contribution < 1.29 is 15.1 Å². The van der Waals surface area contributed by atoms with Crippen LogP contribution in [-0.2, 0) is 4.79 Å². The Kier molecular flexibility index (Phi) is 6.54. The zero-order chi connectivity index (χ0) is 13.2. The van der Waals surface area contributed by atoms with Crippen LogP contribution in [0.3, 0.4) is 0 Å². The summed E-state index contributed by atoms with van der Waals surface area (Å²) in [5.74, 6) is -0.739. The number of hydrogen-bond acceptors (Lipinski definition) is 3. The maximum atomic E-state index is 10.3. The summed E-state index contributed by atoms with van der Waals surface area (Å²) >= 11 is 0. The van der Waals surface area contributed by atoms with Crippen molar-refractivity contribution in [3.63, 3.8) is 0 Å². The van der Waals surface area contributed by atoms with E-state index >= 15 is 0 Å². The van der Waals surface area contributed by atoms with Gasteiger partial charge in [-0.2, -0.15) is 0 Å². The van der Waals surface area contributed by atoms with E-state index in [9.17, 15) is 4.79 Å². The van der Waals surface area contributed by atoms with E-state index < -0.39 is 5.97 Å². The molecule has 0 unspecified atom stereocenters. The van der Waals surface area contributed by atoms with Crippen LogP contribution >= 0.6 is 0 Å². The van der Waals surface area contributed by atoms with Crippen molar-refractivity contribution in [2.45, 2.75) is 38.5 Å². The average Bonchev–Trinajstić information content (AvgIpc) is 2.38. The number of benzene rings is 1. The highest BCUT2D eigenvalue weighted by Gasteiger charge is 2.03. The molecular weight excluding hydrogens is 230 g/mol. The monoisotopic (exact) mass is 249 g/mol. The SMILES string of the molecule is O=C(O)CCCCCC/C(=N\O)c1ccccc1. The molecule has 0 aliphatic heterocycles. The van der Waals surface area contributed by atoms with E-state index in [0.29, 0.717) is 18.6 Å². The fraction of sp³-hybridized carbons (Fsp3) is 0.429. The van der Waals surface area contributed by atoms with Gasteiger partial charge in [0.25, 0.3) is 0 Å². The second kappa shape index (κ2) is 8.28. The number of unbranched alkanes of at least 4 members (excludes halogenated alkanes) is 3. The molecule has 0 saturated carbocycles. The Balaban J connectivity index is 2.23. The van der Waals surface area contributed by atoms with Crippen LogP contribution < -0.4 is 0 Å². The lowest BCUT2D eigenvalue weighted by molar-refractivity contribution is -0.137. The largest absolute Gasteiger partial charge is 0.481 e. The number of carboxylic acid groups (broad SMARTS) is 1. The second-order valence-corrected chi connectivity index (χ2v) is 4.22. The summed E-state index contributed by atoms with van der Waals surface area (Å²) in [5.41, 5.74) is 1.62. The molecule has 1 rings (SSSR count). The molecular formula is C14H19NO3. The third-order valence-electron chi connectivity index (χ3n) is 2.78. The standard InChI is InChI=1S/C14H19NO3/c16-14(17)11-7-2-1-6-10-13(15-18)12-8-4-3-5-9-12/h3-5,8-9,18H,1-2,6-7,10-11H2,(H,16,17)/b15-13+. The molecule has 4 nitrogen and oxygen atoms in total. The fourth-order valence-corrected chi connectivity index (χ4v) is 1.80. The maximum absolute atomic E-state index is 10.3. The van der Waals surface area contributed by atoms with Crippen molar-refractivity contribution in [1.29, 1.82) is 0 Å². The molecule has 2 N–H and O–H groups in total. The fourth-order valence-electron chi connectivity index (χ4n) is 1.80. The van der Waals surface area contributed by atoms with E-state index in [4.69, 9.17) is 10.3 Å². The average molecular weight is 249 g/mol. The number of oxime groups is 1. The van der Waals surface area contributed by atoms with E-state index in [1.165, 1.54) is 0 Å². The van der Waals surface area contributed by atoms with Crippen molar-refractivity contribution in [3.8, 4) is 0 Å². The zero-order valence-corrected chi connectivity index (χ0v) is 10.4. The third-order valence-corrected chi connectivity index (χ3v) is 2.78. The summed E-state index contributed by atoms with van der Waals surface area (Å²) in [7, 11) is 0. The number of aliphatic carboxylic acids is 1. The van der Waals surface area contributed by atoms with Crippen LogP contribution in [0.4, 0.5) is 0 Å². The first-order chi connectivity index (χ1) is 8.74. The van der Waals surface area contributed by atoms with E-state index in [0.717, 1.165) is 24.8 Å². The number of hydrogen-bond donors (Lipinski definition) is 2. The maximum Gasteiger partial charge on any atom is 0.303 e. The van der Waals surface area contributed by atoms with Gasteiger partial charge in [0.2, 0.25) is 0 Å². The molecule has 0 atom stereocenters. The molecule has 0 spiro atoms. The predicted octanol–water partition coefficient (Wildman–Crippen LogP) is 3.29.